The Kier molecular flexibility index (Phi) is 6.00. The highest BCUT2D eigenvalue weighted by Gasteiger charge is 2.01. The lowest BCUT2D eigenvalue weighted by atomic mass is 10.2. The average molecular weight is 310 g/mol. The van der Waals surface area contributed by atoms with E-state index in [4.69, 9.17) is 9.47 Å². The molecule has 0 aliphatic carbocycles. The van der Waals surface area contributed by atoms with E-state index in [0.29, 0.717) is 5.75 Å². The molecule has 4 nitrogen and oxygen atoms in total. The summed E-state index contributed by atoms with van der Waals surface area (Å²) in [6.45, 7) is 0.205. The number of hydrogen-bond donors (Lipinski definition) is 1. The van der Waals surface area contributed by atoms with E-state index in [1.807, 2.05) is 36.4 Å². The van der Waals surface area contributed by atoms with Crippen molar-refractivity contribution in [3.05, 3.63) is 71.8 Å². The van der Waals surface area contributed by atoms with E-state index in [9.17, 15) is 9.90 Å². The molecule has 2 rings (SSSR count). The highest BCUT2D eigenvalue weighted by Crippen LogP contribution is 2.26. The number of carbonyl (C=O) groups is 1. The van der Waals surface area contributed by atoms with Gasteiger partial charge >= 0.3 is 5.97 Å². The van der Waals surface area contributed by atoms with Crippen molar-refractivity contribution in [3.8, 4) is 11.5 Å². The number of ether oxygens (including phenoxy) is 2. The van der Waals surface area contributed by atoms with Crippen LogP contribution in [0.1, 0.15) is 11.1 Å². The van der Waals surface area contributed by atoms with E-state index in [0.717, 1.165) is 11.1 Å². The summed E-state index contributed by atoms with van der Waals surface area (Å²) < 4.78 is 10.1. The van der Waals surface area contributed by atoms with Crippen LogP contribution in [-0.4, -0.2) is 24.8 Å². The smallest absolute Gasteiger partial charge is 0.331 e. The third-order valence-electron chi connectivity index (χ3n) is 3.05. The van der Waals surface area contributed by atoms with Crippen molar-refractivity contribution in [2.75, 3.05) is 13.7 Å². The van der Waals surface area contributed by atoms with Gasteiger partial charge in [0.25, 0.3) is 0 Å². The Hall–Kier alpha value is -3.01. The number of rotatable bonds is 6. The lowest BCUT2D eigenvalue weighted by Gasteiger charge is -2.03. The second-order valence-electron chi connectivity index (χ2n) is 4.71. The van der Waals surface area contributed by atoms with Crippen LogP contribution < -0.4 is 4.74 Å². The quantitative estimate of drug-likeness (QED) is 0.653. The monoisotopic (exact) mass is 310 g/mol. The number of phenols is 1. The molecule has 4 heteroatoms. The molecule has 23 heavy (non-hydrogen) atoms. The van der Waals surface area contributed by atoms with Gasteiger partial charge in [0, 0.05) is 6.08 Å². The standard InChI is InChI=1S/C19H18O4/c1-22-18-14-16(9-11-17(18)20)10-12-19(21)23-13-5-8-15-6-3-2-4-7-15/h2-12,14,20H,13H2,1H3. The first kappa shape index (κ1) is 16.4. The molecule has 0 fully saturated rings. The zero-order valence-corrected chi connectivity index (χ0v) is 12.8. The van der Waals surface area contributed by atoms with Gasteiger partial charge in [0.1, 0.15) is 6.61 Å². The second-order valence-corrected chi connectivity index (χ2v) is 4.71. The van der Waals surface area contributed by atoms with Crippen LogP contribution in [0.25, 0.3) is 12.2 Å². The van der Waals surface area contributed by atoms with Gasteiger partial charge < -0.3 is 14.6 Å². The van der Waals surface area contributed by atoms with E-state index in [1.54, 1.807) is 24.3 Å². The SMILES string of the molecule is COc1cc(C=CC(=O)OCC=Cc2ccccc2)ccc1O. The van der Waals surface area contributed by atoms with Crippen molar-refractivity contribution < 1.29 is 19.4 Å². The van der Waals surface area contributed by atoms with Crippen molar-refractivity contribution in [1.82, 2.24) is 0 Å². The first-order valence-corrected chi connectivity index (χ1v) is 7.12. The van der Waals surface area contributed by atoms with Crippen LogP contribution >= 0.6 is 0 Å². The number of aromatic hydroxyl groups is 1. The first-order valence-electron chi connectivity index (χ1n) is 7.12. The first-order chi connectivity index (χ1) is 11.2. The molecule has 2 aromatic carbocycles. The summed E-state index contributed by atoms with van der Waals surface area (Å²) in [5.74, 6) is -0.0284. The zero-order chi connectivity index (χ0) is 16.5. The molecule has 0 amide bonds. The molecule has 1 N–H and O–H groups in total. The summed E-state index contributed by atoms with van der Waals surface area (Å²) in [6.07, 6.45) is 6.61. The number of benzene rings is 2. The maximum atomic E-state index is 11.6. The molecule has 0 unspecified atom stereocenters. The number of methoxy groups -OCH3 is 1. The molecule has 0 bridgehead atoms. The summed E-state index contributed by atoms with van der Waals surface area (Å²) >= 11 is 0. The summed E-state index contributed by atoms with van der Waals surface area (Å²) in [6, 6.07) is 14.6. The number of phenolic OH excluding ortho intramolecular Hbond substituents is 1. The fourth-order valence-corrected chi connectivity index (χ4v) is 1.89. The number of carbonyl (C=O) groups excluding carboxylic acids is 1. The molecule has 0 aromatic heterocycles. The molecular weight excluding hydrogens is 292 g/mol. The van der Waals surface area contributed by atoms with Crippen LogP contribution in [0.5, 0.6) is 11.5 Å². The predicted molar refractivity (Wildman–Crippen MR) is 90.1 cm³/mol. The Bertz CT molecular complexity index is 703. The fourth-order valence-electron chi connectivity index (χ4n) is 1.89. The number of hydrogen-bond acceptors (Lipinski definition) is 4. The molecule has 0 saturated heterocycles. The molecule has 0 saturated carbocycles. The molecule has 0 aliphatic heterocycles. The van der Waals surface area contributed by atoms with E-state index in [-0.39, 0.29) is 12.4 Å². The Morgan fingerprint density at radius 1 is 1.09 bits per heavy atom. The Morgan fingerprint density at radius 3 is 2.61 bits per heavy atom. The summed E-state index contributed by atoms with van der Waals surface area (Å²) in [4.78, 5) is 11.6. The van der Waals surface area contributed by atoms with Gasteiger partial charge in [-0.1, -0.05) is 42.5 Å². The van der Waals surface area contributed by atoms with Crippen LogP contribution in [0.15, 0.2) is 60.7 Å². The van der Waals surface area contributed by atoms with Gasteiger partial charge in [-0.3, -0.25) is 0 Å². The largest absolute Gasteiger partial charge is 0.504 e. The molecular formula is C19H18O4. The van der Waals surface area contributed by atoms with Gasteiger partial charge in [0.05, 0.1) is 7.11 Å². The zero-order valence-electron chi connectivity index (χ0n) is 12.8. The van der Waals surface area contributed by atoms with Gasteiger partial charge in [-0.25, -0.2) is 4.79 Å². The highest BCUT2D eigenvalue weighted by molar-refractivity contribution is 5.87. The molecule has 2 aromatic rings. The minimum Gasteiger partial charge on any atom is -0.504 e. The van der Waals surface area contributed by atoms with Crippen molar-refractivity contribution in [2.24, 2.45) is 0 Å². The van der Waals surface area contributed by atoms with Crippen LogP contribution in [0.3, 0.4) is 0 Å². The summed E-state index contributed by atoms with van der Waals surface area (Å²) in [7, 11) is 1.47. The van der Waals surface area contributed by atoms with Crippen molar-refractivity contribution in [1.29, 1.82) is 0 Å². The minimum absolute atomic E-state index is 0.0540. The Labute approximate surface area is 135 Å². The maximum absolute atomic E-state index is 11.6. The van der Waals surface area contributed by atoms with Crippen LogP contribution in [-0.2, 0) is 9.53 Å². The maximum Gasteiger partial charge on any atom is 0.331 e. The Morgan fingerprint density at radius 2 is 1.87 bits per heavy atom. The lowest BCUT2D eigenvalue weighted by Crippen LogP contribution is -1.99. The molecule has 0 spiro atoms. The highest BCUT2D eigenvalue weighted by atomic mass is 16.5. The van der Waals surface area contributed by atoms with Gasteiger partial charge in [0.2, 0.25) is 0 Å². The van der Waals surface area contributed by atoms with E-state index in [1.165, 1.54) is 19.3 Å². The van der Waals surface area contributed by atoms with Crippen LogP contribution in [0.4, 0.5) is 0 Å². The lowest BCUT2D eigenvalue weighted by molar-refractivity contribution is -0.136. The minimum atomic E-state index is -0.435. The van der Waals surface area contributed by atoms with Gasteiger partial charge in [0.15, 0.2) is 11.5 Å². The van der Waals surface area contributed by atoms with Crippen LogP contribution in [0.2, 0.25) is 0 Å². The van der Waals surface area contributed by atoms with Crippen LogP contribution in [0, 0.1) is 0 Å². The van der Waals surface area contributed by atoms with Gasteiger partial charge in [-0.2, -0.15) is 0 Å². The van der Waals surface area contributed by atoms with Gasteiger partial charge in [-0.15, -0.1) is 0 Å². The molecule has 0 heterocycles. The normalized spacial score (nSPS) is 11.0. The second kappa shape index (κ2) is 8.44. The van der Waals surface area contributed by atoms with Crippen molar-refractivity contribution >= 4 is 18.1 Å². The average Bonchev–Trinajstić information content (AvgIpc) is 2.59. The molecule has 118 valence electrons. The third kappa shape index (κ3) is 5.36. The van der Waals surface area contributed by atoms with E-state index in [2.05, 4.69) is 0 Å². The topological polar surface area (TPSA) is 55.8 Å². The predicted octanol–water partition coefficient (Wildman–Crippen LogP) is 3.67. The Balaban J connectivity index is 1.83. The summed E-state index contributed by atoms with van der Waals surface area (Å²) in [5, 5.41) is 9.50. The fraction of sp³-hybridized carbons (Fsp3) is 0.105. The summed E-state index contributed by atoms with van der Waals surface area (Å²) in [5.41, 5.74) is 1.78. The van der Waals surface area contributed by atoms with E-state index >= 15 is 0 Å². The molecule has 0 aliphatic rings. The van der Waals surface area contributed by atoms with Crippen molar-refractivity contribution in [3.63, 3.8) is 0 Å². The third-order valence-corrected chi connectivity index (χ3v) is 3.05. The molecule has 0 radical (unpaired) electrons. The molecule has 0 atom stereocenters. The number of esters is 1. The van der Waals surface area contributed by atoms with Gasteiger partial charge in [-0.05, 0) is 35.4 Å². The van der Waals surface area contributed by atoms with E-state index < -0.39 is 5.97 Å². The van der Waals surface area contributed by atoms with Crippen molar-refractivity contribution in [2.45, 2.75) is 0 Å².